The van der Waals surface area contributed by atoms with Crippen molar-refractivity contribution >= 4 is 11.8 Å². The van der Waals surface area contributed by atoms with E-state index in [1.807, 2.05) is 13.8 Å². The van der Waals surface area contributed by atoms with Gasteiger partial charge in [-0.3, -0.25) is 9.59 Å². The second-order valence-corrected chi connectivity index (χ2v) is 6.93. The van der Waals surface area contributed by atoms with Crippen molar-refractivity contribution in [1.82, 2.24) is 0 Å². The third kappa shape index (κ3) is 1.13. The molecule has 1 N–H and O–H groups in total. The molecule has 0 aromatic carbocycles. The first kappa shape index (κ1) is 12.5. The summed E-state index contributed by atoms with van der Waals surface area (Å²) in [6, 6.07) is 0. The zero-order chi connectivity index (χ0) is 14.3. The number of aliphatic hydroxyl groups excluding tert-OH is 1. The molecule has 4 rings (SSSR count). The topological polar surface area (TPSA) is 72.8 Å². The van der Waals surface area contributed by atoms with Crippen LogP contribution < -0.4 is 0 Å². The molecule has 5 atom stereocenters. The number of carbonyl (C=O) groups excluding carboxylic acids is 2. The number of ether oxygens (including phenoxy) is 2. The van der Waals surface area contributed by atoms with Crippen LogP contribution >= 0.6 is 0 Å². The number of carbonyl (C=O) groups is 2. The molecule has 5 nitrogen and oxygen atoms in total. The molecule has 1 spiro atoms. The maximum absolute atomic E-state index is 12.6. The molecule has 0 aromatic rings. The molecular weight excluding hydrogens is 260 g/mol. The van der Waals surface area contributed by atoms with Gasteiger partial charge in [-0.25, -0.2) is 0 Å². The second-order valence-electron chi connectivity index (χ2n) is 6.93. The van der Waals surface area contributed by atoms with Crippen LogP contribution in [0.3, 0.4) is 0 Å². The zero-order valence-corrected chi connectivity index (χ0v) is 11.6. The number of hydrogen-bond donors (Lipinski definition) is 1. The first-order chi connectivity index (χ1) is 9.40. The van der Waals surface area contributed by atoms with E-state index in [2.05, 4.69) is 6.08 Å². The van der Waals surface area contributed by atoms with Crippen molar-refractivity contribution in [3.63, 3.8) is 0 Å². The molecule has 2 aliphatic carbocycles. The Morgan fingerprint density at radius 1 is 1.35 bits per heavy atom. The monoisotopic (exact) mass is 278 g/mol. The summed E-state index contributed by atoms with van der Waals surface area (Å²) in [5, 5.41) is 10.6. The van der Waals surface area contributed by atoms with Crippen molar-refractivity contribution in [3.8, 4) is 0 Å². The lowest BCUT2D eigenvalue weighted by Crippen LogP contribution is -2.62. The maximum Gasteiger partial charge on any atom is 0.318 e. The average molecular weight is 278 g/mol. The van der Waals surface area contributed by atoms with Crippen LogP contribution in [0.15, 0.2) is 11.6 Å². The van der Waals surface area contributed by atoms with E-state index in [-0.39, 0.29) is 24.0 Å². The minimum Gasteiger partial charge on any atom is -0.435 e. The highest BCUT2D eigenvalue weighted by molar-refractivity contribution is 5.92. The molecule has 5 unspecified atom stereocenters. The first-order valence-electron chi connectivity index (χ1n) is 7.13. The Morgan fingerprint density at radius 2 is 2.10 bits per heavy atom. The molecule has 0 amide bonds. The number of esters is 1. The molecule has 0 aromatic heterocycles. The Hall–Kier alpha value is -1.20. The fourth-order valence-electron chi connectivity index (χ4n) is 4.79. The number of allylic oxidation sites excluding steroid dienone is 1. The van der Waals surface area contributed by atoms with E-state index in [9.17, 15) is 14.7 Å². The Labute approximate surface area is 116 Å². The summed E-state index contributed by atoms with van der Waals surface area (Å²) >= 11 is 0. The molecule has 20 heavy (non-hydrogen) atoms. The van der Waals surface area contributed by atoms with Crippen LogP contribution in [0.25, 0.3) is 0 Å². The smallest absolute Gasteiger partial charge is 0.318 e. The van der Waals surface area contributed by atoms with Gasteiger partial charge >= 0.3 is 5.97 Å². The van der Waals surface area contributed by atoms with Gasteiger partial charge in [0.05, 0.1) is 18.6 Å². The molecule has 4 aliphatic rings. The Balaban J connectivity index is 1.94. The van der Waals surface area contributed by atoms with Crippen molar-refractivity contribution in [3.05, 3.63) is 11.6 Å². The van der Waals surface area contributed by atoms with E-state index in [0.717, 1.165) is 5.57 Å². The van der Waals surface area contributed by atoms with Crippen molar-refractivity contribution in [2.24, 2.45) is 22.7 Å². The molecule has 1 saturated carbocycles. The van der Waals surface area contributed by atoms with Crippen LogP contribution in [0.4, 0.5) is 0 Å². The summed E-state index contributed by atoms with van der Waals surface area (Å²) in [4.78, 5) is 24.8. The van der Waals surface area contributed by atoms with Crippen molar-refractivity contribution in [2.45, 2.75) is 39.1 Å². The van der Waals surface area contributed by atoms with Crippen LogP contribution in [0.5, 0.6) is 0 Å². The van der Waals surface area contributed by atoms with Gasteiger partial charge in [0.2, 0.25) is 6.29 Å². The molecule has 5 heteroatoms. The van der Waals surface area contributed by atoms with Gasteiger partial charge in [0.1, 0.15) is 11.2 Å². The lowest BCUT2D eigenvalue weighted by molar-refractivity contribution is -0.179. The van der Waals surface area contributed by atoms with E-state index >= 15 is 0 Å². The fourth-order valence-corrected chi connectivity index (χ4v) is 4.79. The predicted molar refractivity (Wildman–Crippen MR) is 67.4 cm³/mol. The molecule has 0 radical (unpaired) electrons. The van der Waals surface area contributed by atoms with Crippen LogP contribution in [-0.2, 0) is 19.1 Å². The maximum atomic E-state index is 12.6. The highest BCUT2D eigenvalue weighted by atomic mass is 16.7. The Kier molecular flexibility index (Phi) is 2.20. The fraction of sp³-hybridized carbons (Fsp3) is 0.733. The summed E-state index contributed by atoms with van der Waals surface area (Å²) in [6.45, 7) is 4.21. The highest BCUT2D eigenvalue weighted by Gasteiger charge is 2.73. The van der Waals surface area contributed by atoms with Gasteiger partial charge in [-0.05, 0) is 17.9 Å². The largest absolute Gasteiger partial charge is 0.435 e. The standard InChI is InChI=1S/C15H18O5/c1-14(2)8-4-3-7-6-19-12-11(7)15(8,13(18)20-12)10(17)5-9(14)16/h3,8,10-12,17H,4-6H2,1-2H3. The average Bonchev–Trinajstić information content (AvgIpc) is 2.91. The summed E-state index contributed by atoms with van der Waals surface area (Å²) in [6.07, 6.45) is 1.15. The molecule has 2 aliphatic heterocycles. The highest BCUT2D eigenvalue weighted by Crippen LogP contribution is 2.64. The lowest BCUT2D eigenvalue weighted by atomic mass is 9.47. The van der Waals surface area contributed by atoms with Gasteiger partial charge in [-0.1, -0.05) is 19.9 Å². The number of hydrogen-bond acceptors (Lipinski definition) is 5. The van der Waals surface area contributed by atoms with Gasteiger partial charge in [0.25, 0.3) is 0 Å². The van der Waals surface area contributed by atoms with Crippen molar-refractivity contribution in [2.75, 3.05) is 6.61 Å². The van der Waals surface area contributed by atoms with Gasteiger partial charge < -0.3 is 14.6 Å². The lowest BCUT2D eigenvalue weighted by Gasteiger charge is -2.53. The summed E-state index contributed by atoms with van der Waals surface area (Å²) in [5.41, 5.74) is -0.582. The normalized spacial score (nSPS) is 48.5. The Morgan fingerprint density at radius 3 is 2.85 bits per heavy atom. The van der Waals surface area contributed by atoms with E-state index < -0.39 is 29.2 Å². The number of aliphatic hydroxyl groups is 1. The Bertz CT molecular complexity index is 548. The quantitative estimate of drug-likeness (QED) is 0.524. The summed E-state index contributed by atoms with van der Waals surface area (Å²) in [7, 11) is 0. The van der Waals surface area contributed by atoms with E-state index in [4.69, 9.17) is 9.47 Å². The number of Topliss-reactive ketones (excluding diaryl/α,β-unsaturated/α-hetero) is 1. The van der Waals surface area contributed by atoms with Crippen LogP contribution in [-0.4, -0.2) is 35.9 Å². The van der Waals surface area contributed by atoms with Crippen LogP contribution in [0, 0.1) is 22.7 Å². The second kappa shape index (κ2) is 3.52. The van der Waals surface area contributed by atoms with Gasteiger partial charge in [-0.15, -0.1) is 0 Å². The number of rotatable bonds is 0. The predicted octanol–water partition coefficient (Wildman–Crippen LogP) is 0.808. The third-order valence-corrected chi connectivity index (χ3v) is 5.89. The SMILES string of the molecule is CC1(C)C(=O)CC(O)C23C(=O)OC4OCC(=CCC12)C43. The molecule has 3 fully saturated rings. The molecular formula is C15H18O5. The number of ketones is 1. The van der Waals surface area contributed by atoms with E-state index in [1.165, 1.54) is 0 Å². The molecule has 0 bridgehead atoms. The molecule has 2 heterocycles. The van der Waals surface area contributed by atoms with E-state index in [0.29, 0.717) is 13.0 Å². The van der Waals surface area contributed by atoms with Crippen LogP contribution in [0.1, 0.15) is 26.7 Å². The van der Waals surface area contributed by atoms with Crippen molar-refractivity contribution in [1.29, 1.82) is 0 Å². The molecule has 108 valence electrons. The minimum absolute atomic E-state index is 0.0210. The minimum atomic E-state index is -0.997. The van der Waals surface area contributed by atoms with Gasteiger partial charge in [0.15, 0.2) is 0 Å². The zero-order valence-electron chi connectivity index (χ0n) is 11.6. The molecule has 2 saturated heterocycles. The van der Waals surface area contributed by atoms with Crippen molar-refractivity contribution < 1.29 is 24.2 Å². The van der Waals surface area contributed by atoms with Gasteiger partial charge in [0, 0.05) is 11.8 Å². The first-order valence-corrected chi connectivity index (χ1v) is 7.13. The van der Waals surface area contributed by atoms with E-state index in [1.54, 1.807) is 0 Å². The third-order valence-electron chi connectivity index (χ3n) is 5.89. The van der Waals surface area contributed by atoms with Crippen LogP contribution in [0.2, 0.25) is 0 Å². The van der Waals surface area contributed by atoms with Gasteiger partial charge in [-0.2, -0.15) is 0 Å². The summed E-state index contributed by atoms with van der Waals surface area (Å²) in [5.74, 6) is -0.821. The summed E-state index contributed by atoms with van der Waals surface area (Å²) < 4.78 is 10.9.